The lowest BCUT2D eigenvalue weighted by Gasteiger charge is -2.23. The Hall–Kier alpha value is 0.440. The molecule has 0 radical (unpaired) electrons. The zero-order valence-corrected chi connectivity index (χ0v) is 9.57. The predicted octanol–water partition coefficient (Wildman–Crippen LogP) is 3.10. The minimum Gasteiger partial charge on any atom is -0.309 e. The molecule has 0 rings (SSSR count). The summed E-state index contributed by atoms with van der Waals surface area (Å²) in [5, 5.41) is 0. The lowest BCUT2D eigenvalue weighted by molar-refractivity contribution is 0.319. The van der Waals surface area contributed by atoms with Gasteiger partial charge in [-0.3, -0.25) is 4.57 Å². The second-order valence-corrected chi connectivity index (χ2v) is 5.70. The minimum absolute atomic E-state index is 0.725. The smallest absolute Gasteiger partial charge is 0.309 e. The van der Waals surface area contributed by atoms with Gasteiger partial charge in [0.2, 0.25) is 0 Å². The van der Waals surface area contributed by atoms with Gasteiger partial charge in [-0.1, -0.05) is 13.8 Å². The molecular formula is C7H17ClNO2P. The van der Waals surface area contributed by atoms with Crippen molar-refractivity contribution in [2.45, 2.75) is 26.7 Å². The van der Waals surface area contributed by atoms with Gasteiger partial charge < -0.3 is 4.52 Å². The first-order chi connectivity index (χ1) is 5.58. The van der Waals surface area contributed by atoms with Crippen LogP contribution >= 0.6 is 18.1 Å². The van der Waals surface area contributed by atoms with E-state index < -0.39 is 6.87 Å². The summed E-state index contributed by atoms with van der Waals surface area (Å²) in [7, 11) is 1.38. The largest absolute Gasteiger partial charge is 0.362 e. The number of hydrogen-bond donors (Lipinski definition) is 0. The molecule has 12 heavy (non-hydrogen) atoms. The predicted molar refractivity (Wildman–Crippen MR) is 52.6 cm³/mol. The average Bonchev–Trinajstić information content (AvgIpc) is 2.04. The number of halogens is 1. The first-order valence-corrected chi connectivity index (χ1v) is 6.67. The summed E-state index contributed by atoms with van der Waals surface area (Å²) in [6.45, 7) is 2.48. The van der Waals surface area contributed by atoms with Gasteiger partial charge in [0.1, 0.15) is 0 Å². The van der Waals surface area contributed by atoms with Crippen LogP contribution in [0.3, 0.4) is 0 Å². The lowest BCUT2D eigenvalue weighted by Crippen LogP contribution is -2.20. The molecule has 0 aliphatic heterocycles. The van der Waals surface area contributed by atoms with Crippen molar-refractivity contribution < 1.29 is 9.09 Å². The Morgan fingerprint density at radius 2 is 1.75 bits per heavy atom. The van der Waals surface area contributed by atoms with Crippen LogP contribution in [0, 0.1) is 0 Å². The third-order valence-corrected chi connectivity index (χ3v) is 4.11. The monoisotopic (exact) mass is 213 g/mol. The highest BCUT2D eigenvalue weighted by molar-refractivity contribution is 7.83. The van der Waals surface area contributed by atoms with Crippen molar-refractivity contribution in [3.63, 3.8) is 0 Å². The highest BCUT2D eigenvalue weighted by atomic mass is 35.7. The van der Waals surface area contributed by atoms with Crippen LogP contribution in [0.5, 0.6) is 0 Å². The van der Waals surface area contributed by atoms with Crippen LogP contribution < -0.4 is 0 Å². The number of hydrogen-bond acceptors (Lipinski definition) is 2. The molecule has 0 N–H and O–H groups in total. The molecule has 5 heteroatoms. The number of rotatable bonds is 6. The van der Waals surface area contributed by atoms with E-state index in [1.807, 2.05) is 13.8 Å². The molecule has 3 nitrogen and oxygen atoms in total. The van der Waals surface area contributed by atoms with Crippen molar-refractivity contribution in [1.29, 1.82) is 0 Å². The first kappa shape index (κ1) is 12.4. The molecule has 0 aromatic heterocycles. The van der Waals surface area contributed by atoms with Crippen molar-refractivity contribution in [3.05, 3.63) is 0 Å². The fraction of sp³-hybridized carbons (Fsp3) is 1.00. The van der Waals surface area contributed by atoms with Crippen LogP contribution in [-0.4, -0.2) is 24.9 Å². The summed E-state index contributed by atoms with van der Waals surface area (Å²) < 4.78 is 18.0. The van der Waals surface area contributed by atoms with Gasteiger partial charge in [0.15, 0.2) is 0 Å². The minimum atomic E-state index is -3.01. The van der Waals surface area contributed by atoms with Crippen LogP contribution in [0.15, 0.2) is 0 Å². The third-order valence-electron chi connectivity index (χ3n) is 1.53. The Bertz CT molecular complexity index is 159. The maximum Gasteiger partial charge on any atom is 0.362 e. The summed E-state index contributed by atoms with van der Waals surface area (Å²) in [5.74, 6) is 0. The van der Waals surface area contributed by atoms with E-state index in [4.69, 9.17) is 15.8 Å². The van der Waals surface area contributed by atoms with Gasteiger partial charge in [-0.15, -0.1) is 0 Å². The van der Waals surface area contributed by atoms with Crippen LogP contribution in [0.1, 0.15) is 26.7 Å². The zero-order valence-electron chi connectivity index (χ0n) is 7.92. The zero-order chi connectivity index (χ0) is 9.61. The highest BCUT2D eigenvalue weighted by Gasteiger charge is 2.26. The molecule has 0 aromatic rings. The molecule has 1 unspecified atom stereocenters. The summed E-state index contributed by atoms with van der Waals surface area (Å²) in [5.41, 5.74) is 0. The normalized spacial score (nSPS) is 16.4. The highest BCUT2D eigenvalue weighted by Crippen LogP contribution is 2.55. The summed E-state index contributed by atoms with van der Waals surface area (Å²) in [4.78, 5) is 0. The van der Waals surface area contributed by atoms with Gasteiger partial charge in [-0.2, -0.15) is 0 Å². The topological polar surface area (TPSA) is 29.5 Å². The van der Waals surface area contributed by atoms with Crippen LogP contribution in [0.2, 0.25) is 0 Å². The molecule has 0 spiro atoms. The van der Waals surface area contributed by atoms with Crippen molar-refractivity contribution in [2.75, 3.05) is 20.2 Å². The van der Waals surface area contributed by atoms with Gasteiger partial charge in [0.05, 0.1) is 0 Å². The maximum absolute atomic E-state index is 11.5. The van der Waals surface area contributed by atoms with Crippen molar-refractivity contribution in [2.24, 2.45) is 0 Å². The van der Waals surface area contributed by atoms with E-state index in [2.05, 4.69) is 0 Å². The first-order valence-electron chi connectivity index (χ1n) is 4.19. The Balaban J connectivity index is 4.17. The van der Waals surface area contributed by atoms with Crippen LogP contribution in [-0.2, 0) is 9.09 Å². The Kier molecular flexibility index (Phi) is 6.20. The summed E-state index contributed by atoms with van der Waals surface area (Å²) in [6, 6.07) is 0. The molecule has 0 saturated carbocycles. The molecule has 0 aliphatic rings. The molecule has 0 aromatic carbocycles. The molecule has 0 amide bonds. The summed E-state index contributed by atoms with van der Waals surface area (Å²) >= 11 is 5.70. The standard InChI is InChI=1S/C7H17ClNO2P/c1-4-6-9(7-5-2)12(8,10)11-3/h4-7H2,1-3H3. The Labute approximate surface area is 79.3 Å². The second kappa shape index (κ2) is 5.98. The van der Waals surface area contributed by atoms with E-state index in [1.165, 1.54) is 7.11 Å². The van der Waals surface area contributed by atoms with Crippen LogP contribution in [0.4, 0.5) is 0 Å². The molecule has 0 aliphatic carbocycles. The van der Waals surface area contributed by atoms with E-state index in [0.29, 0.717) is 0 Å². The van der Waals surface area contributed by atoms with Crippen molar-refractivity contribution in [1.82, 2.24) is 4.67 Å². The third kappa shape index (κ3) is 3.90. The maximum atomic E-state index is 11.5. The number of nitrogens with zero attached hydrogens (tertiary/aromatic N) is 1. The lowest BCUT2D eigenvalue weighted by atomic mass is 10.4. The molecular weight excluding hydrogens is 197 g/mol. The Morgan fingerprint density at radius 1 is 1.33 bits per heavy atom. The van der Waals surface area contributed by atoms with E-state index in [0.717, 1.165) is 25.9 Å². The van der Waals surface area contributed by atoms with E-state index in [-0.39, 0.29) is 0 Å². The van der Waals surface area contributed by atoms with Gasteiger partial charge >= 0.3 is 6.87 Å². The van der Waals surface area contributed by atoms with E-state index in [1.54, 1.807) is 4.67 Å². The quantitative estimate of drug-likeness (QED) is 0.635. The SMILES string of the molecule is CCCN(CCC)P(=O)(Cl)OC. The average molecular weight is 214 g/mol. The molecule has 0 saturated heterocycles. The van der Waals surface area contributed by atoms with E-state index in [9.17, 15) is 4.57 Å². The van der Waals surface area contributed by atoms with Gasteiger partial charge in [-0.25, -0.2) is 4.67 Å². The Morgan fingerprint density at radius 3 is 2.00 bits per heavy atom. The molecule has 1 atom stereocenters. The second-order valence-electron chi connectivity index (χ2n) is 2.59. The van der Waals surface area contributed by atoms with Crippen molar-refractivity contribution in [3.8, 4) is 0 Å². The molecule has 0 fully saturated rings. The van der Waals surface area contributed by atoms with Gasteiger partial charge in [-0.05, 0) is 24.1 Å². The van der Waals surface area contributed by atoms with Gasteiger partial charge in [0, 0.05) is 20.2 Å². The summed E-state index contributed by atoms with van der Waals surface area (Å²) in [6.07, 6.45) is 1.86. The fourth-order valence-electron chi connectivity index (χ4n) is 0.982. The molecule has 0 heterocycles. The fourth-order valence-corrected chi connectivity index (χ4v) is 2.54. The van der Waals surface area contributed by atoms with Gasteiger partial charge in [0.25, 0.3) is 0 Å². The molecule has 0 bridgehead atoms. The van der Waals surface area contributed by atoms with Crippen LogP contribution in [0.25, 0.3) is 0 Å². The van der Waals surface area contributed by atoms with E-state index >= 15 is 0 Å². The van der Waals surface area contributed by atoms with Crippen molar-refractivity contribution >= 4 is 18.1 Å². The molecule has 74 valence electrons.